The number of ether oxygens (including phenoxy) is 1. The van der Waals surface area contributed by atoms with E-state index >= 15 is 0 Å². The van der Waals surface area contributed by atoms with Gasteiger partial charge < -0.3 is 25.7 Å². The number of anilines is 1. The van der Waals surface area contributed by atoms with Crippen molar-refractivity contribution < 1.29 is 4.74 Å². The second kappa shape index (κ2) is 11.1. The van der Waals surface area contributed by atoms with Crippen molar-refractivity contribution >= 4 is 45.6 Å². The van der Waals surface area contributed by atoms with Crippen molar-refractivity contribution in [2.45, 2.75) is 12.5 Å². The zero-order valence-corrected chi connectivity index (χ0v) is 22.0. The van der Waals surface area contributed by atoms with Gasteiger partial charge in [-0.05, 0) is 72.1 Å². The molecule has 0 bridgehead atoms. The van der Waals surface area contributed by atoms with Gasteiger partial charge in [-0.3, -0.25) is 5.41 Å². The van der Waals surface area contributed by atoms with Gasteiger partial charge in [0.25, 0.3) is 0 Å². The van der Waals surface area contributed by atoms with Crippen LogP contribution in [0, 0.1) is 16.7 Å². The van der Waals surface area contributed by atoms with Crippen LogP contribution in [0.1, 0.15) is 22.9 Å². The molecule has 1 aliphatic rings. The van der Waals surface area contributed by atoms with Gasteiger partial charge in [0.1, 0.15) is 29.8 Å². The van der Waals surface area contributed by atoms with Crippen molar-refractivity contribution in [3.8, 4) is 11.8 Å². The standard InChI is InChI=1S/C29H26Cl2N6O/c30-20-3-6-22(7-4-20)37-13-11-24-25-15-21(31)5-10-26(25)36-27(24)28(37)18-1-8-23(9-2-18)38-14-12-35-17-19(16-32)29(33)34/h1-10,15,17,28,35-36H,11-14H2,(H3,33,34)/b19-17-. The van der Waals surface area contributed by atoms with Crippen LogP contribution in [-0.4, -0.2) is 30.5 Å². The topological polar surface area (TPSA) is 114 Å². The van der Waals surface area contributed by atoms with E-state index in [1.807, 2.05) is 48.5 Å². The molecule has 1 atom stereocenters. The number of H-pyrrole nitrogens is 1. The van der Waals surface area contributed by atoms with E-state index in [0.717, 1.165) is 46.2 Å². The Morgan fingerprint density at radius 1 is 1.13 bits per heavy atom. The van der Waals surface area contributed by atoms with Crippen molar-refractivity contribution in [2.24, 2.45) is 5.73 Å². The van der Waals surface area contributed by atoms with E-state index in [9.17, 15) is 0 Å². The molecule has 9 heteroatoms. The molecule has 0 amide bonds. The van der Waals surface area contributed by atoms with Crippen LogP contribution in [0.2, 0.25) is 10.0 Å². The molecule has 0 spiro atoms. The lowest BCUT2D eigenvalue weighted by Gasteiger charge is -2.38. The lowest BCUT2D eigenvalue weighted by molar-refractivity contribution is 0.320. The van der Waals surface area contributed by atoms with Crippen molar-refractivity contribution in [3.05, 3.63) is 105 Å². The van der Waals surface area contributed by atoms with Crippen LogP contribution in [0.15, 0.2) is 78.5 Å². The summed E-state index contributed by atoms with van der Waals surface area (Å²) in [5.74, 6) is 0.470. The fourth-order valence-electron chi connectivity index (χ4n) is 4.84. The van der Waals surface area contributed by atoms with Gasteiger partial charge in [0, 0.05) is 51.6 Å². The number of benzene rings is 3. The smallest absolute Gasteiger partial charge is 0.135 e. The third-order valence-corrected chi connectivity index (χ3v) is 7.10. The number of amidine groups is 1. The van der Waals surface area contributed by atoms with Crippen LogP contribution in [-0.2, 0) is 6.42 Å². The summed E-state index contributed by atoms with van der Waals surface area (Å²) in [6, 6.07) is 23.9. The van der Waals surface area contributed by atoms with Gasteiger partial charge in [0.05, 0.1) is 6.04 Å². The van der Waals surface area contributed by atoms with Crippen LogP contribution < -0.4 is 20.7 Å². The number of halogens is 2. The summed E-state index contributed by atoms with van der Waals surface area (Å²) in [6.07, 6.45) is 2.32. The van der Waals surface area contributed by atoms with E-state index in [2.05, 4.69) is 39.5 Å². The van der Waals surface area contributed by atoms with Crippen LogP contribution in [0.4, 0.5) is 5.69 Å². The van der Waals surface area contributed by atoms with Crippen LogP contribution in [0.3, 0.4) is 0 Å². The second-order valence-electron chi connectivity index (χ2n) is 8.98. The molecular weight excluding hydrogens is 519 g/mol. The number of aromatic nitrogens is 1. The maximum Gasteiger partial charge on any atom is 0.135 e. The molecular formula is C29H26Cl2N6O. The molecule has 5 N–H and O–H groups in total. The third kappa shape index (κ3) is 5.28. The van der Waals surface area contributed by atoms with Crippen LogP contribution in [0.25, 0.3) is 10.9 Å². The normalized spacial score (nSPS) is 15.1. The van der Waals surface area contributed by atoms with E-state index in [1.54, 1.807) is 0 Å². The van der Waals surface area contributed by atoms with E-state index < -0.39 is 0 Å². The molecule has 0 saturated carbocycles. The summed E-state index contributed by atoms with van der Waals surface area (Å²) in [4.78, 5) is 6.06. The van der Waals surface area contributed by atoms with Gasteiger partial charge in [-0.1, -0.05) is 35.3 Å². The van der Waals surface area contributed by atoms with Crippen molar-refractivity contribution in [2.75, 3.05) is 24.6 Å². The number of fused-ring (bicyclic) bond motifs is 3. The highest BCUT2D eigenvalue weighted by Crippen LogP contribution is 2.41. The van der Waals surface area contributed by atoms with Gasteiger partial charge in [-0.2, -0.15) is 5.26 Å². The summed E-state index contributed by atoms with van der Waals surface area (Å²) in [5.41, 5.74) is 11.2. The number of nitrogens with one attached hydrogen (secondary N) is 3. The first-order valence-corrected chi connectivity index (χ1v) is 12.9. The SMILES string of the molecule is N#C/C(=C/NCCOc1ccc(C2c3[nH]c4ccc(Cl)cc4c3CCN2c2ccc(Cl)cc2)cc1)C(=N)N. The Morgan fingerprint density at radius 3 is 2.58 bits per heavy atom. The molecule has 4 aromatic rings. The monoisotopic (exact) mass is 544 g/mol. The molecule has 0 fully saturated rings. The van der Waals surface area contributed by atoms with Crippen molar-refractivity contribution in [3.63, 3.8) is 0 Å². The lowest BCUT2D eigenvalue weighted by Crippen LogP contribution is -2.36. The highest BCUT2D eigenvalue weighted by atomic mass is 35.5. The Balaban J connectivity index is 1.39. The highest BCUT2D eigenvalue weighted by Gasteiger charge is 2.32. The molecule has 1 aromatic heterocycles. The maximum absolute atomic E-state index is 8.95. The molecule has 3 aromatic carbocycles. The Bertz CT molecular complexity index is 1540. The minimum Gasteiger partial charge on any atom is -0.492 e. The van der Waals surface area contributed by atoms with Gasteiger partial charge >= 0.3 is 0 Å². The van der Waals surface area contributed by atoms with Gasteiger partial charge in [0.15, 0.2) is 0 Å². The van der Waals surface area contributed by atoms with Crippen molar-refractivity contribution in [1.29, 1.82) is 10.7 Å². The largest absolute Gasteiger partial charge is 0.492 e. The minimum atomic E-state index is -0.270. The van der Waals surface area contributed by atoms with Gasteiger partial charge in [-0.15, -0.1) is 0 Å². The zero-order chi connectivity index (χ0) is 26.6. The van der Waals surface area contributed by atoms with Gasteiger partial charge in [0.2, 0.25) is 0 Å². The first-order chi connectivity index (χ1) is 18.4. The molecule has 38 heavy (non-hydrogen) atoms. The molecule has 192 valence electrons. The molecule has 0 saturated heterocycles. The molecule has 2 heterocycles. The first-order valence-electron chi connectivity index (χ1n) is 12.2. The molecule has 5 rings (SSSR count). The van der Waals surface area contributed by atoms with E-state index in [0.29, 0.717) is 18.2 Å². The van der Waals surface area contributed by atoms with Crippen molar-refractivity contribution in [1.82, 2.24) is 10.3 Å². The summed E-state index contributed by atoms with van der Waals surface area (Å²) in [5, 5.41) is 21.8. The van der Waals surface area contributed by atoms with E-state index in [-0.39, 0.29) is 17.5 Å². The van der Waals surface area contributed by atoms with E-state index in [1.165, 1.54) is 17.1 Å². The van der Waals surface area contributed by atoms with E-state index in [4.69, 9.17) is 44.3 Å². The van der Waals surface area contributed by atoms with Gasteiger partial charge in [-0.25, -0.2) is 0 Å². The summed E-state index contributed by atoms with van der Waals surface area (Å²) in [6.45, 7) is 1.70. The first kappa shape index (κ1) is 25.5. The summed E-state index contributed by atoms with van der Waals surface area (Å²) in [7, 11) is 0. The highest BCUT2D eigenvalue weighted by molar-refractivity contribution is 6.31. The number of aromatic amines is 1. The quantitative estimate of drug-likeness (QED) is 0.0948. The number of nitriles is 1. The predicted octanol–water partition coefficient (Wildman–Crippen LogP) is 5.94. The lowest BCUT2D eigenvalue weighted by atomic mass is 9.91. The summed E-state index contributed by atoms with van der Waals surface area (Å²) < 4.78 is 5.87. The number of nitrogens with two attached hydrogens (primary N) is 1. The second-order valence-corrected chi connectivity index (χ2v) is 9.86. The number of rotatable bonds is 8. The average Bonchev–Trinajstić information content (AvgIpc) is 3.28. The van der Waals surface area contributed by atoms with Crippen LogP contribution >= 0.6 is 23.2 Å². The molecule has 0 aliphatic carbocycles. The fraction of sp³-hybridized carbons (Fsp3) is 0.172. The fourth-order valence-corrected chi connectivity index (χ4v) is 5.13. The zero-order valence-electron chi connectivity index (χ0n) is 20.5. The van der Waals surface area contributed by atoms with Crippen LogP contribution in [0.5, 0.6) is 5.75 Å². The Hall–Kier alpha value is -4.12. The Kier molecular flexibility index (Phi) is 7.45. The summed E-state index contributed by atoms with van der Waals surface area (Å²) >= 11 is 12.5. The minimum absolute atomic E-state index is 0.0251. The average molecular weight is 545 g/mol. The maximum atomic E-state index is 8.95. The Labute approximate surface area is 230 Å². The Morgan fingerprint density at radius 2 is 1.87 bits per heavy atom. The molecule has 1 aliphatic heterocycles. The third-order valence-electron chi connectivity index (χ3n) is 6.62. The number of nitrogens with zero attached hydrogens (tertiary/aromatic N) is 2. The number of hydrogen-bond donors (Lipinski definition) is 4. The predicted molar refractivity (Wildman–Crippen MR) is 153 cm³/mol. The molecule has 1 unspecified atom stereocenters. The molecule has 7 nitrogen and oxygen atoms in total. The molecule has 0 radical (unpaired) electrons. The number of hydrogen-bond acceptors (Lipinski definition) is 5.